The zero-order valence-electron chi connectivity index (χ0n) is 66.5. The van der Waals surface area contributed by atoms with Crippen molar-refractivity contribution < 1.29 is 28.8 Å². The average molecular weight is 1520 g/mol. The van der Waals surface area contributed by atoms with Crippen LogP contribution in [0, 0.1) is 31.1 Å². The second kappa shape index (κ2) is 32.0. The van der Waals surface area contributed by atoms with E-state index in [1.807, 2.05) is 91.0 Å². The Morgan fingerprint density at radius 3 is 1.25 bits per heavy atom. The predicted molar refractivity (Wildman–Crippen MR) is 473 cm³/mol. The number of H-pyrrole nitrogens is 2. The van der Waals surface area contributed by atoms with Crippen LogP contribution >= 0.6 is 0 Å². The van der Waals surface area contributed by atoms with Gasteiger partial charge in [0.05, 0.1) is 22.8 Å². The van der Waals surface area contributed by atoms with E-state index in [1.165, 1.54) is 71.9 Å². The lowest BCUT2D eigenvalue weighted by molar-refractivity contribution is -0.115. The van der Waals surface area contributed by atoms with Crippen LogP contribution in [0.15, 0.2) is 311 Å². The lowest BCUT2D eigenvalue weighted by Gasteiger charge is -2.32. The summed E-state index contributed by atoms with van der Waals surface area (Å²) in [7, 11) is 0. The summed E-state index contributed by atoms with van der Waals surface area (Å²) >= 11 is 0. The highest BCUT2D eigenvalue weighted by Crippen LogP contribution is 2.57. The average Bonchev–Trinajstić information content (AvgIpc) is 1.52. The molecule has 9 aromatic rings. The molecule has 0 fully saturated rings. The minimum Gasteiger partial charge on any atom is -0.354 e. The number of nitrogens with zero attached hydrogens (tertiary/aromatic N) is 2. The number of carbonyl (C=O) groups excluding carboxylic acids is 6. The highest BCUT2D eigenvalue weighted by atomic mass is 16.2. The molecule has 0 spiro atoms. The number of amides is 2. The van der Waals surface area contributed by atoms with Crippen molar-refractivity contribution in [3.05, 3.63) is 372 Å². The molecule has 116 heavy (non-hydrogen) atoms. The topological polar surface area (TPSA) is 184 Å². The van der Waals surface area contributed by atoms with Crippen molar-refractivity contribution in [2.45, 2.75) is 88.0 Å². The van der Waals surface area contributed by atoms with Crippen molar-refractivity contribution in [3.8, 4) is 44.5 Å². The van der Waals surface area contributed by atoms with Gasteiger partial charge in [-0.1, -0.05) is 223 Å². The Labute approximate surface area is 676 Å². The molecule has 6 aromatic carbocycles. The van der Waals surface area contributed by atoms with Gasteiger partial charge < -0.3 is 20.6 Å². The third-order valence-corrected chi connectivity index (χ3v) is 23.0. The Morgan fingerprint density at radius 2 is 0.810 bits per heavy atom. The monoisotopic (exact) mass is 1520 g/mol. The second-order valence-corrected chi connectivity index (χ2v) is 31.7. The third kappa shape index (κ3) is 15.5. The van der Waals surface area contributed by atoms with Crippen LogP contribution in [0.25, 0.3) is 97.0 Å². The number of carbonyl (C=O) groups is 6. The van der Waals surface area contributed by atoms with Gasteiger partial charge in [-0.25, -0.2) is 9.97 Å². The van der Waals surface area contributed by atoms with Crippen LogP contribution < -0.4 is 10.6 Å². The lowest BCUT2D eigenvalue weighted by Crippen LogP contribution is -2.31. The summed E-state index contributed by atoms with van der Waals surface area (Å²) in [5.41, 5.74) is 27.5. The van der Waals surface area contributed by atoms with E-state index in [2.05, 4.69) is 247 Å². The standard InChI is InChI=1S/C104H88N6O6/c1-61(15-10-11-16-62(2)18-13-20-64(4)27-47-81-67(7)21-14-58-104(81,8)9)17-12-19-63(3)22-28-68-29-35-73(36-30-68)102(115)105-75-42-37-71(38-43-75)94-86-52-48-82(107-86)92(69-31-23-65(5)24-32-69)84-50-54-88(109-84)95(89-55-51-85(110-89)93(83-49-53-87(94)108-83)70-33-25-66(6)26-34-70)72-39-44-76(45-40-72)106-103(116)74-41-46-77-78(59-74)101(114)99-80-60-79(98(99)100(77)113)96-90(111)56-57-91(112)97(80)96/h10-13,15-20,22-57,59,79-80,107,110H,14,21,58,60H2,1-9H3,(H,105,115)(H,106,116)/b11-10+,17-12+,18-13+,28-22+,47-27+,61-15+,62-16+,63-19+,64-20+,92-82?,92-84?,93-83?,93-85?,94-86?,94-87?,95-88?,95-89?/t79-,80+/m0/s1. The first-order valence-electron chi connectivity index (χ1n) is 39.6. The van der Waals surface area contributed by atoms with E-state index >= 15 is 0 Å². The maximum absolute atomic E-state index is 14.4. The number of aryl methyl sites for hydroxylation is 2. The molecule has 0 radical (unpaired) electrons. The van der Waals surface area contributed by atoms with Crippen molar-refractivity contribution in [2.24, 2.45) is 17.3 Å². The van der Waals surface area contributed by atoms with Crippen molar-refractivity contribution in [2.75, 3.05) is 10.6 Å². The Balaban J connectivity index is 0.642. The summed E-state index contributed by atoms with van der Waals surface area (Å²) in [6, 6.07) is 52.6. The summed E-state index contributed by atoms with van der Waals surface area (Å²) in [6.07, 6.45) is 44.4. The second-order valence-electron chi connectivity index (χ2n) is 31.7. The van der Waals surface area contributed by atoms with Gasteiger partial charge in [0.25, 0.3) is 11.8 Å². The van der Waals surface area contributed by atoms with Crippen LogP contribution in [-0.2, 0) is 9.59 Å². The van der Waals surface area contributed by atoms with E-state index in [-0.39, 0.29) is 50.9 Å². The van der Waals surface area contributed by atoms with Crippen LogP contribution in [0.5, 0.6) is 0 Å². The summed E-state index contributed by atoms with van der Waals surface area (Å²) in [5, 5.41) is 6.15. The molecule has 0 saturated carbocycles. The van der Waals surface area contributed by atoms with Gasteiger partial charge >= 0.3 is 0 Å². The number of aromatic nitrogens is 4. The summed E-state index contributed by atoms with van der Waals surface area (Å²) < 4.78 is 0. The van der Waals surface area contributed by atoms with Crippen molar-refractivity contribution >= 4 is 98.8 Å². The molecule has 3 aromatic heterocycles. The maximum atomic E-state index is 14.4. The SMILES string of the molecule is CC1=C(/C=C/C(C)=C/C=C/C(C)=C/C=C/C=C(C)/C=C/C=C(C)/C=C/c2ccc(C(=O)Nc3ccc(-c4c5nc(c(-c6ccc(C)cc6)c6ccc([nH]6)c(-c6ccc(NC(=O)c7ccc8c(c7)C(=O)C7=C(C8=O)[C@H]8C[C@@H]7C7=C8C(=O)C=CC7=O)cc6)c6nc(c(-c7ccc(C)cc7)c7ccc4[nH]7)C=C6)C=C5)cc3)cc2)C(C)(C)CCC1. The van der Waals surface area contributed by atoms with E-state index in [0.717, 1.165) is 111 Å². The fraction of sp³-hybridized carbons (Fsp3) is 0.154. The van der Waals surface area contributed by atoms with E-state index in [4.69, 9.17) is 9.97 Å². The van der Waals surface area contributed by atoms with E-state index in [1.54, 1.807) is 0 Å². The van der Waals surface area contributed by atoms with E-state index < -0.39 is 23.5 Å². The van der Waals surface area contributed by atoms with Gasteiger partial charge in [0.1, 0.15) is 0 Å². The molecular weight excluding hydrogens is 1430 g/mol. The summed E-state index contributed by atoms with van der Waals surface area (Å²) in [6.45, 7) is 19.6. The normalized spacial score (nSPS) is 17.4. The predicted octanol–water partition coefficient (Wildman–Crippen LogP) is 24.3. The molecule has 2 amide bonds. The quantitative estimate of drug-likeness (QED) is 0.0483. The van der Waals surface area contributed by atoms with Crippen LogP contribution in [-0.4, -0.2) is 54.9 Å². The maximum Gasteiger partial charge on any atom is 0.255 e. The number of allylic oxidation sites excluding steroid dienone is 25. The summed E-state index contributed by atoms with van der Waals surface area (Å²) in [4.78, 5) is 101. The van der Waals surface area contributed by atoms with Gasteiger partial charge in [0, 0.05) is 112 Å². The number of nitrogens with one attached hydrogen (secondary N) is 4. The minimum absolute atomic E-state index is 0.0971. The molecule has 2 aliphatic heterocycles. The number of aromatic amines is 2. The molecule has 5 heterocycles. The molecule has 12 nitrogen and oxygen atoms in total. The first-order chi connectivity index (χ1) is 56.1. The van der Waals surface area contributed by atoms with Gasteiger partial charge in [-0.05, 0) is 228 Å². The number of anilines is 2. The zero-order chi connectivity index (χ0) is 80.6. The Bertz CT molecular complexity index is 6320. The lowest BCUT2D eigenvalue weighted by atomic mass is 9.72. The Hall–Kier alpha value is -13.8. The van der Waals surface area contributed by atoms with Crippen LogP contribution in [0.4, 0.5) is 11.4 Å². The smallest absolute Gasteiger partial charge is 0.255 e. The molecule has 2 atom stereocenters. The molecule has 4 N–H and O–H groups in total. The molecule has 12 heteroatoms. The Morgan fingerprint density at radius 1 is 0.422 bits per heavy atom. The van der Waals surface area contributed by atoms with Gasteiger partial charge in [0.15, 0.2) is 23.1 Å². The third-order valence-electron chi connectivity index (χ3n) is 23.0. The molecule has 0 saturated heterocycles. The molecular formula is C104H88N6O6. The highest BCUT2D eigenvalue weighted by molar-refractivity contribution is 6.32. The van der Waals surface area contributed by atoms with Gasteiger partial charge in [-0.2, -0.15) is 0 Å². The first kappa shape index (κ1) is 76.2. The molecule has 7 aliphatic rings. The fourth-order valence-corrected chi connectivity index (χ4v) is 16.9. The molecule has 16 rings (SSSR count). The minimum atomic E-state index is -0.644. The zero-order valence-corrected chi connectivity index (χ0v) is 66.5. The van der Waals surface area contributed by atoms with E-state index in [0.29, 0.717) is 45.8 Å². The van der Waals surface area contributed by atoms with Crippen LogP contribution in [0.2, 0.25) is 0 Å². The number of fused-ring (bicyclic) bond motifs is 15. The molecule has 10 bridgehead atoms. The molecule has 0 unspecified atom stereocenters. The number of rotatable bonds is 18. The first-order valence-corrected chi connectivity index (χ1v) is 39.6. The van der Waals surface area contributed by atoms with Gasteiger partial charge in [-0.15, -0.1) is 0 Å². The number of ketones is 4. The number of benzene rings is 6. The number of hydrogen-bond acceptors (Lipinski definition) is 8. The number of hydrogen-bond donors (Lipinski definition) is 4. The van der Waals surface area contributed by atoms with Crippen LogP contribution in [0.3, 0.4) is 0 Å². The largest absolute Gasteiger partial charge is 0.354 e. The molecule has 570 valence electrons. The van der Waals surface area contributed by atoms with Gasteiger partial charge in [0.2, 0.25) is 0 Å². The van der Waals surface area contributed by atoms with Crippen LogP contribution in [0.1, 0.15) is 155 Å². The van der Waals surface area contributed by atoms with Crippen molar-refractivity contribution in [1.29, 1.82) is 0 Å². The summed E-state index contributed by atoms with van der Waals surface area (Å²) in [5.74, 6) is -3.35. The van der Waals surface area contributed by atoms with Gasteiger partial charge in [-0.3, -0.25) is 28.8 Å². The number of Topliss-reactive ketones (excluding diaryl/α,β-unsaturated/α-hetero) is 2. The van der Waals surface area contributed by atoms with Crippen molar-refractivity contribution in [1.82, 2.24) is 19.9 Å². The highest BCUT2D eigenvalue weighted by Gasteiger charge is 2.55. The Kier molecular flexibility index (Phi) is 21.0. The fourth-order valence-electron chi connectivity index (χ4n) is 16.9. The van der Waals surface area contributed by atoms with Crippen molar-refractivity contribution in [3.63, 3.8) is 0 Å². The van der Waals surface area contributed by atoms with E-state index in [9.17, 15) is 28.8 Å². The molecule has 5 aliphatic carbocycles.